The minimum absolute atomic E-state index is 0.670. The Bertz CT molecular complexity index is 163. The fourth-order valence-electron chi connectivity index (χ4n) is 2.22. The molecule has 15 heavy (non-hydrogen) atoms. The van der Waals surface area contributed by atoms with Gasteiger partial charge in [-0.05, 0) is 45.9 Å². The van der Waals surface area contributed by atoms with Crippen molar-refractivity contribution in [1.29, 1.82) is 0 Å². The number of nitrogens with two attached hydrogens (primary N) is 2. The van der Waals surface area contributed by atoms with Crippen LogP contribution in [0.5, 0.6) is 0 Å². The summed E-state index contributed by atoms with van der Waals surface area (Å²) in [5.74, 6) is 0. The second-order valence-corrected chi connectivity index (χ2v) is 4.47. The quantitative estimate of drug-likeness (QED) is 0.637. The van der Waals surface area contributed by atoms with Gasteiger partial charge >= 0.3 is 0 Å². The van der Waals surface area contributed by atoms with Crippen LogP contribution in [-0.2, 0) is 0 Å². The highest BCUT2D eigenvalue weighted by atomic mass is 15.3. The van der Waals surface area contributed by atoms with Crippen LogP contribution >= 0.6 is 0 Å². The molecule has 1 atom stereocenters. The molecule has 0 saturated carbocycles. The zero-order valence-corrected chi connectivity index (χ0v) is 9.99. The molecule has 0 aromatic rings. The van der Waals surface area contributed by atoms with Crippen molar-refractivity contribution in [3.63, 3.8) is 0 Å². The number of nitrogens with zero attached hydrogens (tertiary/aromatic N) is 2. The summed E-state index contributed by atoms with van der Waals surface area (Å²) >= 11 is 0. The van der Waals surface area contributed by atoms with Gasteiger partial charge < -0.3 is 16.4 Å². The summed E-state index contributed by atoms with van der Waals surface area (Å²) in [6.07, 6.45) is 2.24. The molecule has 90 valence electrons. The molecule has 1 aliphatic heterocycles. The van der Waals surface area contributed by atoms with Crippen LogP contribution in [0.1, 0.15) is 19.8 Å². The number of piperazine rings is 1. The lowest BCUT2D eigenvalue weighted by molar-refractivity contribution is 0.0828. The van der Waals surface area contributed by atoms with Crippen molar-refractivity contribution in [3.05, 3.63) is 0 Å². The number of rotatable bonds is 6. The first-order chi connectivity index (χ1) is 7.27. The van der Waals surface area contributed by atoms with Gasteiger partial charge in [0.1, 0.15) is 0 Å². The van der Waals surface area contributed by atoms with Gasteiger partial charge in [-0.2, -0.15) is 0 Å². The minimum atomic E-state index is 0.670. The highest BCUT2D eigenvalue weighted by Crippen LogP contribution is 2.09. The first kappa shape index (κ1) is 12.9. The van der Waals surface area contributed by atoms with Crippen molar-refractivity contribution in [2.75, 3.05) is 45.8 Å². The summed E-state index contributed by atoms with van der Waals surface area (Å²) in [6.45, 7) is 9.80. The second-order valence-electron chi connectivity index (χ2n) is 4.47. The van der Waals surface area contributed by atoms with E-state index in [1.807, 2.05) is 0 Å². The molecule has 0 amide bonds. The minimum Gasteiger partial charge on any atom is -0.330 e. The molecule has 0 bridgehead atoms. The molecule has 0 aliphatic carbocycles. The third kappa shape index (κ3) is 4.47. The molecule has 1 rings (SSSR count). The fourth-order valence-corrected chi connectivity index (χ4v) is 2.22. The Labute approximate surface area is 93.6 Å². The molecule has 1 aliphatic rings. The maximum absolute atomic E-state index is 5.53. The van der Waals surface area contributed by atoms with E-state index in [0.717, 1.165) is 39.0 Å². The van der Waals surface area contributed by atoms with Crippen LogP contribution < -0.4 is 11.5 Å². The molecule has 1 fully saturated rings. The first-order valence-electron chi connectivity index (χ1n) is 6.14. The summed E-state index contributed by atoms with van der Waals surface area (Å²) in [4.78, 5) is 5.07. The van der Waals surface area contributed by atoms with E-state index in [1.165, 1.54) is 19.6 Å². The number of hydrogen-bond acceptors (Lipinski definition) is 4. The molecule has 1 saturated heterocycles. The third-order valence-electron chi connectivity index (χ3n) is 3.18. The average molecular weight is 214 g/mol. The first-order valence-corrected chi connectivity index (χ1v) is 6.14. The lowest BCUT2D eigenvalue weighted by Gasteiger charge is -2.39. The average Bonchev–Trinajstić information content (AvgIpc) is 2.25. The standard InChI is InChI=1S/C11H26N4/c1-11-10-14(6-2-4-12)8-9-15(11)7-3-5-13/h11H,2-10,12-13H2,1H3. The molecule has 4 N–H and O–H groups in total. The summed E-state index contributed by atoms with van der Waals surface area (Å²) < 4.78 is 0. The van der Waals surface area contributed by atoms with Gasteiger partial charge in [-0.15, -0.1) is 0 Å². The monoisotopic (exact) mass is 214 g/mol. The van der Waals surface area contributed by atoms with Gasteiger partial charge in [-0.3, -0.25) is 4.90 Å². The Morgan fingerprint density at radius 2 is 1.73 bits per heavy atom. The van der Waals surface area contributed by atoms with Gasteiger partial charge in [-0.1, -0.05) is 0 Å². The second kappa shape index (κ2) is 7.17. The van der Waals surface area contributed by atoms with E-state index in [2.05, 4.69) is 16.7 Å². The smallest absolute Gasteiger partial charge is 0.0195 e. The van der Waals surface area contributed by atoms with Gasteiger partial charge in [0.15, 0.2) is 0 Å². The van der Waals surface area contributed by atoms with Gasteiger partial charge in [0.2, 0.25) is 0 Å². The van der Waals surface area contributed by atoms with E-state index in [0.29, 0.717) is 6.04 Å². The largest absolute Gasteiger partial charge is 0.330 e. The van der Waals surface area contributed by atoms with Crippen LogP contribution in [0.2, 0.25) is 0 Å². The molecule has 1 heterocycles. The molecule has 0 aromatic heterocycles. The Morgan fingerprint density at radius 1 is 1.07 bits per heavy atom. The van der Waals surface area contributed by atoms with Gasteiger partial charge in [0, 0.05) is 25.7 Å². The Kier molecular flexibility index (Phi) is 6.17. The predicted molar refractivity (Wildman–Crippen MR) is 64.8 cm³/mol. The molecule has 4 heteroatoms. The lowest BCUT2D eigenvalue weighted by atomic mass is 10.1. The summed E-state index contributed by atoms with van der Waals surface area (Å²) in [5.41, 5.74) is 11.1. The van der Waals surface area contributed by atoms with E-state index in [1.54, 1.807) is 0 Å². The van der Waals surface area contributed by atoms with Crippen LogP contribution in [0, 0.1) is 0 Å². The summed E-state index contributed by atoms with van der Waals surface area (Å²) in [7, 11) is 0. The lowest BCUT2D eigenvalue weighted by Crippen LogP contribution is -2.52. The highest BCUT2D eigenvalue weighted by Gasteiger charge is 2.22. The van der Waals surface area contributed by atoms with Gasteiger partial charge in [0.05, 0.1) is 0 Å². The Morgan fingerprint density at radius 3 is 2.33 bits per heavy atom. The van der Waals surface area contributed by atoms with E-state index < -0.39 is 0 Å². The third-order valence-corrected chi connectivity index (χ3v) is 3.18. The molecule has 0 spiro atoms. The van der Waals surface area contributed by atoms with Gasteiger partial charge in [0.25, 0.3) is 0 Å². The van der Waals surface area contributed by atoms with E-state index in [-0.39, 0.29) is 0 Å². The molecule has 0 radical (unpaired) electrons. The molecule has 0 aromatic carbocycles. The Balaban J connectivity index is 2.21. The maximum atomic E-state index is 5.53. The molecular weight excluding hydrogens is 188 g/mol. The summed E-state index contributed by atoms with van der Waals surface area (Å²) in [6, 6.07) is 0.670. The van der Waals surface area contributed by atoms with Crippen molar-refractivity contribution in [2.24, 2.45) is 11.5 Å². The van der Waals surface area contributed by atoms with E-state index in [4.69, 9.17) is 11.5 Å². The van der Waals surface area contributed by atoms with Crippen LogP contribution in [0.4, 0.5) is 0 Å². The maximum Gasteiger partial charge on any atom is 0.0195 e. The molecular formula is C11H26N4. The van der Waals surface area contributed by atoms with Crippen LogP contribution in [-0.4, -0.2) is 61.7 Å². The van der Waals surface area contributed by atoms with Crippen molar-refractivity contribution < 1.29 is 0 Å². The van der Waals surface area contributed by atoms with Crippen LogP contribution in [0.3, 0.4) is 0 Å². The molecule has 1 unspecified atom stereocenters. The number of hydrogen-bond donors (Lipinski definition) is 2. The van der Waals surface area contributed by atoms with Crippen molar-refractivity contribution >= 4 is 0 Å². The topological polar surface area (TPSA) is 58.5 Å². The fraction of sp³-hybridized carbons (Fsp3) is 1.00. The van der Waals surface area contributed by atoms with Crippen LogP contribution in [0.15, 0.2) is 0 Å². The highest BCUT2D eigenvalue weighted by molar-refractivity contribution is 4.78. The normalized spacial score (nSPS) is 24.6. The summed E-state index contributed by atoms with van der Waals surface area (Å²) in [5, 5.41) is 0. The zero-order valence-electron chi connectivity index (χ0n) is 9.99. The van der Waals surface area contributed by atoms with Crippen LogP contribution in [0.25, 0.3) is 0 Å². The van der Waals surface area contributed by atoms with Crippen molar-refractivity contribution in [1.82, 2.24) is 9.80 Å². The van der Waals surface area contributed by atoms with Crippen molar-refractivity contribution in [3.8, 4) is 0 Å². The zero-order chi connectivity index (χ0) is 11.1. The van der Waals surface area contributed by atoms with E-state index >= 15 is 0 Å². The Hall–Kier alpha value is -0.160. The SMILES string of the molecule is CC1CN(CCCN)CCN1CCCN. The predicted octanol–water partition coefficient (Wildman–Crippen LogP) is -0.310. The van der Waals surface area contributed by atoms with Crippen molar-refractivity contribution in [2.45, 2.75) is 25.8 Å². The van der Waals surface area contributed by atoms with Gasteiger partial charge in [-0.25, -0.2) is 0 Å². The molecule has 4 nitrogen and oxygen atoms in total. The van der Waals surface area contributed by atoms with E-state index in [9.17, 15) is 0 Å².